The van der Waals surface area contributed by atoms with Gasteiger partial charge in [-0.05, 0) is 24.1 Å². The minimum Gasteiger partial charge on any atom is -0.377 e. The van der Waals surface area contributed by atoms with Gasteiger partial charge in [-0.25, -0.2) is 0 Å². The van der Waals surface area contributed by atoms with E-state index in [1.54, 1.807) is 7.11 Å². The average molecular weight is 224 g/mol. The second-order valence-corrected chi connectivity index (χ2v) is 4.33. The summed E-state index contributed by atoms with van der Waals surface area (Å²) in [6.45, 7) is 2.22. The summed E-state index contributed by atoms with van der Waals surface area (Å²) in [5.74, 6) is 0. The molecule has 0 N–H and O–H groups in total. The predicted molar refractivity (Wildman–Crippen MR) is 67.6 cm³/mol. The Morgan fingerprint density at radius 3 is 2.40 bits per heavy atom. The molecule has 0 aromatic heterocycles. The Balaban J connectivity index is 2.53. The maximum Gasteiger partial charge on any atom is 0.0821 e. The van der Waals surface area contributed by atoms with Gasteiger partial charge in [-0.3, -0.25) is 0 Å². The normalized spacial score (nSPS) is 12.7. The van der Waals surface area contributed by atoms with Gasteiger partial charge in [0.05, 0.1) is 6.10 Å². The fraction of sp³-hybridized carbons (Fsp3) is 0.538. The summed E-state index contributed by atoms with van der Waals surface area (Å²) in [5, 5.41) is 0. The molecule has 0 saturated carbocycles. The maximum absolute atomic E-state index is 5.50. The molecule has 2 heteroatoms. The summed E-state index contributed by atoms with van der Waals surface area (Å²) in [6.07, 6.45) is 5.12. The van der Waals surface area contributed by atoms with Crippen molar-refractivity contribution in [1.82, 2.24) is 0 Å². The van der Waals surface area contributed by atoms with Crippen molar-refractivity contribution in [3.05, 3.63) is 29.8 Å². The van der Waals surface area contributed by atoms with Gasteiger partial charge in [0.15, 0.2) is 0 Å². The second-order valence-electron chi connectivity index (χ2n) is 3.81. The molecule has 1 aromatic carbocycles. The molecule has 0 saturated heterocycles. The molecule has 0 radical (unpaired) electrons. The third-order valence-corrected chi connectivity index (χ3v) is 2.92. The van der Waals surface area contributed by atoms with Crippen molar-refractivity contribution in [1.29, 1.82) is 0 Å². The summed E-state index contributed by atoms with van der Waals surface area (Å²) in [7, 11) is 1.78. The molecule has 1 unspecified atom stereocenters. The third-order valence-electron chi connectivity index (χ3n) is 2.62. The molecule has 1 rings (SSSR count). The molecule has 0 fully saturated rings. The number of methoxy groups -OCH3 is 1. The minimum absolute atomic E-state index is 0.241. The Morgan fingerprint density at radius 1 is 1.20 bits per heavy atom. The van der Waals surface area contributed by atoms with Crippen LogP contribution < -0.4 is 0 Å². The fourth-order valence-electron chi connectivity index (χ4n) is 1.69. The Morgan fingerprint density at radius 2 is 1.87 bits per heavy atom. The Kier molecular flexibility index (Phi) is 5.81. The molecule has 1 atom stereocenters. The third kappa shape index (κ3) is 4.27. The SMILES string of the molecule is CCCCCC(OC)c1ccc(S)cc1. The molecule has 0 aliphatic heterocycles. The fourth-order valence-corrected chi connectivity index (χ4v) is 1.84. The lowest BCUT2D eigenvalue weighted by Gasteiger charge is -2.15. The lowest BCUT2D eigenvalue weighted by molar-refractivity contribution is 0.0932. The maximum atomic E-state index is 5.50. The molecule has 0 aliphatic rings. The molecule has 1 aromatic rings. The molecule has 0 bridgehead atoms. The van der Waals surface area contributed by atoms with E-state index < -0.39 is 0 Å². The lowest BCUT2D eigenvalue weighted by Crippen LogP contribution is -2.01. The minimum atomic E-state index is 0.241. The standard InChI is InChI=1S/C13H20OS/c1-3-4-5-6-13(14-2)11-7-9-12(15)10-8-11/h7-10,13,15H,3-6H2,1-2H3. The highest BCUT2D eigenvalue weighted by Crippen LogP contribution is 2.23. The van der Waals surface area contributed by atoms with Gasteiger partial charge in [0.1, 0.15) is 0 Å². The number of hydrogen-bond acceptors (Lipinski definition) is 2. The van der Waals surface area contributed by atoms with Gasteiger partial charge in [0, 0.05) is 12.0 Å². The van der Waals surface area contributed by atoms with E-state index in [2.05, 4.69) is 31.7 Å². The summed E-state index contributed by atoms with van der Waals surface area (Å²) in [5.41, 5.74) is 1.26. The molecule has 0 aliphatic carbocycles. The van der Waals surface area contributed by atoms with Crippen molar-refractivity contribution < 1.29 is 4.74 Å². The van der Waals surface area contributed by atoms with Crippen molar-refractivity contribution in [2.45, 2.75) is 43.6 Å². The first-order chi connectivity index (χ1) is 7.27. The first-order valence-electron chi connectivity index (χ1n) is 5.59. The largest absolute Gasteiger partial charge is 0.377 e. The van der Waals surface area contributed by atoms with Gasteiger partial charge in [-0.2, -0.15) is 0 Å². The average Bonchev–Trinajstić information content (AvgIpc) is 2.26. The van der Waals surface area contributed by atoms with Crippen LogP contribution in [0.15, 0.2) is 29.2 Å². The topological polar surface area (TPSA) is 9.23 Å². The number of thiol groups is 1. The molecular weight excluding hydrogens is 204 g/mol. The van der Waals surface area contributed by atoms with Crippen molar-refractivity contribution in [3.8, 4) is 0 Å². The second kappa shape index (κ2) is 6.91. The first kappa shape index (κ1) is 12.6. The van der Waals surface area contributed by atoms with Crippen molar-refractivity contribution in [2.24, 2.45) is 0 Å². The van der Waals surface area contributed by atoms with Crippen LogP contribution in [0.4, 0.5) is 0 Å². The zero-order valence-electron chi connectivity index (χ0n) is 9.57. The molecular formula is C13H20OS. The molecule has 0 heterocycles. The first-order valence-corrected chi connectivity index (χ1v) is 6.04. The van der Waals surface area contributed by atoms with Crippen LogP contribution in [-0.2, 0) is 4.74 Å². The van der Waals surface area contributed by atoms with Gasteiger partial charge >= 0.3 is 0 Å². The smallest absolute Gasteiger partial charge is 0.0821 e. The van der Waals surface area contributed by atoms with Crippen molar-refractivity contribution in [2.75, 3.05) is 7.11 Å². The van der Waals surface area contributed by atoms with Crippen LogP contribution in [0, 0.1) is 0 Å². The highest BCUT2D eigenvalue weighted by atomic mass is 32.1. The monoisotopic (exact) mass is 224 g/mol. The number of hydrogen-bond donors (Lipinski definition) is 1. The Labute approximate surface area is 98.3 Å². The van der Waals surface area contributed by atoms with Gasteiger partial charge in [-0.1, -0.05) is 38.3 Å². The van der Waals surface area contributed by atoms with Gasteiger partial charge in [0.2, 0.25) is 0 Å². The van der Waals surface area contributed by atoms with Crippen LogP contribution in [0.5, 0.6) is 0 Å². The van der Waals surface area contributed by atoms with Crippen LogP contribution in [-0.4, -0.2) is 7.11 Å². The summed E-state index contributed by atoms with van der Waals surface area (Å²) in [4.78, 5) is 1.00. The summed E-state index contributed by atoms with van der Waals surface area (Å²) < 4.78 is 5.50. The van der Waals surface area contributed by atoms with E-state index >= 15 is 0 Å². The molecule has 1 nitrogen and oxygen atoms in total. The Bertz CT molecular complexity index is 268. The number of benzene rings is 1. The van der Waals surface area contributed by atoms with Gasteiger partial charge < -0.3 is 4.74 Å². The van der Waals surface area contributed by atoms with E-state index in [0.717, 1.165) is 11.3 Å². The number of rotatable bonds is 6. The highest BCUT2D eigenvalue weighted by molar-refractivity contribution is 7.80. The summed E-state index contributed by atoms with van der Waals surface area (Å²) in [6, 6.07) is 8.24. The van der Waals surface area contributed by atoms with E-state index in [0.29, 0.717) is 0 Å². The van der Waals surface area contributed by atoms with Crippen molar-refractivity contribution >= 4 is 12.6 Å². The Hall–Kier alpha value is -0.470. The van der Waals surface area contributed by atoms with Crippen molar-refractivity contribution in [3.63, 3.8) is 0 Å². The van der Waals surface area contributed by atoms with E-state index in [1.165, 1.54) is 24.8 Å². The lowest BCUT2D eigenvalue weighted by atomic mass is 10.0. The highest BCUT2D eigenvalue weighted by Gasteiger charge is 2.09. The van der Waals surface area contributed by atoms with Gasteiger partial charge in [-0.15, -0.1) is 12.6 Å². The zero-order valence-corrected chi connectivity index (χ0v) is 10.5. The summed E-state index contributed by atoms with van der Waals surface area (Å²) >= 11 is 4.27. The van der Waals surface area contributed by atoms with E-state index in [4.69, 9.17) is 4.74 Å². The molecule has 84 valence electrons. The zero-order chi connectivity index (χ0) is 11.1. The van der Waals surface area contributed by atoms with E-state index in [9.17, 15) is 0 Å². The predicted octanol–water partition coefficient (Wildman–Crippen LogP) is 4.24. The van der Waals surface area contributed by atoms with Crippen LogP contribution >= 0.6 is 12.6 Å². The van der Waals surface area contributed by atoms with E-state index in [-0.39, 0.29) is 6.10 Å². The van der Waals surface area contributed by atoms with Crippen LogP contribution in [0.3, 0.4) is 0 Å². The van der Waals surface area contributed by atoms with Crippen LogP contribution in [0.1, 0.15) is 44.3 Å². The molecule has 0 spiro atoms. The molecule has 15 heavy (non-hydrogen) atoms. The van der Waals surface area contributed by atoms with Crippen LogP contribution in [0.2, 0.25) is 0 Å². The van der Waals surface area contributed by atoms with Gasteiger partial charge in [0.25, 0.3) is 0 Å². The van der Waals surface area contributed by atoms with E-state index in [1.807, 2.05) is 12.1 Å². The number of ether oxygens (including phenoxy) is 1. The quantitative estimate of drug-likeness (QED) is 0.561. The molecule has 0 amide bonds. The van der Waals surface area contributed by atoms with Crippen LogP contribution in [0.25, 0.3) is 0 Å². The number of unbranched alkanes of at least 4 members (excludes halogenated alkanes) is 2.